The predicted octanol–water partition coefficient (Wildman–Crippen LogP) is 4.98. The van der Waals surface area contributed by atoms with Crippen molar-refractivity contribution >= 4 is 34.1 Å². The highest BCUT2D eigenvalue weighted by molar-refractivity contribution is 7.99. The number of nitrogens with one attached hydrogen (secondary N) is 1. The van der Waals surface area contributed by atoms with Crippen LogP contribution in [0.2, 0.25) is 0 Å². The van der Waals surface area contributed by atoms with Crippen molar-refractivity contribution in [2.24, 2.45) is 0 Å². The Balaban J connectivity index is 1.42. The number of carbonyl (C=O) groups excluding carboxylic acids is 1. The van der Waals surface area contributed by atoms with Crippen LogP contribution in [0.1, 0.15) is 43.1 Å². The van der Waals surface area contributed by atoms with Gasteiger partial charge >= 0.3 is 0 Å². The Morgan fingerprint density at radius 1 is 1.06 bits per heavy atom. The molecule has 32 heavy (non-hydrogen) atoms. The van der Waals surface area contributed by atoms with Crippen LogP contribution in [-0.2, 0) is 11.2 Å². The second-order valence-corrected chi connectivity index (χ2v) is 8.76. The van der Waals surface area contributed by atoms with Gasteiger partial charge in [-0.25, -0.2) is 4.68 Å². The fourth-order valence-corrected chi connectivity index (χ4v) is 4.40. The molecule has 1 aromatic heterocycles. The quantitative estimate of drug-likeness (QED) is 0.295. The summed E-state index contributed by atoms with van der Waals surface area (Å²) in [5, 5.41) is 14.4. The van der Waals surface area contributed by atoms with E-state index >= 15 is 0 Å². The average molecular weight is 446 g/mol. The summed E-state index contributed by atoms with van der Waals surface area (Å²) in [6.07, 6.45) is 1.58. The maximum absolute atomic E-state index is 12.6. The van der Waals surface area contributed by atoms with Crippen LogP contribution in [0.3, 0.4) is 0 Å². The third kappa shape index (κ3) is 4.78. The van der Waals surface area contributed by atoms with Gasteiger partial charge in [0.25, 0.3) is 0 Å². The summed E-state index contributed by atoms with van der Waals surface area (Å²) in [7, 11) is 0. The van der Waals surface area contributed by atoms with Crippen molar-refractivity contribution in [2.45, 2.75) is 37.8 Å². The number of nitrogen functional groups attached to an aromatic ring is 1. The lowest BCUT2D eigenvalue weighted by Crippen LogP contribution is -2.18. The Bertz CT molecular complexity index is 1230. The molecule has 0 bridgehead atoms. The molecule has 0 spiro atoms. The molecule has 4 aromatic rings. The maximum atomic E-state index is 12.6. The van der Waals surface area contributed by atoms with E-state index in [9.17, 15) is 4.79 Å². The summed E-state index contributed by atoms with van der Waals surface area (Å²) in [6.45, 7) is 4.30. The molecule has 3 N–H and O–H groups in total. The van der Waals surface area contributed by atoms with Gasteiger partial charge in [0, 0.05) is 12.1 Å². The van der Waals surface area contributed by atoms with Crippen molar-refractivity contribution in [3.05, 3.63) is 83.7 Å². The molecule has 0 aliphatic carbocycles. The Kier molecular flexibility index (Phi) is 6.75. The van der Waals surface area contributed by atoms with E-state index in [1.54, 1.807) is 0 Å². The van der Waals surface area contributed by atoms with E-state index in [0.717, 1.165) is 23.2 Å². The van der Waals surface area contributed by atoms with Crippen molar-refractivity contribution in [2.75, 3.05) is 16.9 Å². The lowest BCUT2D eigenvalue weighted by atomic mass is 9.97. The zero-order valence-corrected chi connectivity index (χ0v) is 19.1. The minimum Gasteiger partial charge on any atom is -0.336 e. The van der Waals surface area contributed by atoms with Crippen LogP contribution in [0.4, 0.5) is 5.69 Å². The van der Waals surface area contributed by atoms with E-state index in [4.69, 9.17) is 5.84 Å². The standard InChI is InChI=1S/C25H27N5OS/c1-3-17(2)20-12-6-7-14-22(20)27-24(31)16-32-25-29-28-23(30(25)26)15-19-11-8-10-18-9-4-5-13-21(18)19/h4-14,17H,3,15-16,26H2,1-2H3,(H,27,31)/t17-/m0/s1. The Labute approximate surface area is 192 Å². The first kappa shape index (κ1) is 21.9. The molecular formula is C25H27N5OS. The van der Waals surface area contributed by atoms with Crippen LogP contribution >= 0.6 is 11.8 Å². The van der Waals surface area contributed by atoms with E-state index < -0.39 is 0 Å². The van der Waals surface area contributed by atoms with Crippen molar-refractivity contribution in [3.63, 3.8) is 0 Å². The first-order chi connectivity index (χ1) is 15.6. The van der Waals surface area contributed by atoms with Crippen LogP contribution in [0.25, 0.3) is 10.8 Å². The number of fused-ring (bicyclic) bond motifs is 1. The molecule has 0 aliphatic heterocycles. The molecule has 1 heterocycles. The topological polar surface area (TPSA) is 85.8 Å². The van der Waals surface area contributed by atoms with Gasteiger partial charge in [-0.3, -0.25) is 4.79 Å². The molecule has 164 valence electrons. The number of amides is 1. The molecule has 0 aliphatic rings. The van der Waals surface area contributed by atoms with Gasteiger partial charge in [0.2, 0.25) is 11.1 Å². The number of aromatic nitrogens is 3. The highest BCUT2D eigenvalue weighted by atomic mass is 32.2. The van der Waals surface area contributed by atoms with E-state index in [1.807, 2.05) is 36.4 Å². The molecule has 0 radical (unpaired) electrons. The van der Waals surface area contributed by atoms with Crippen molar-refractivity contribution < 1.29 is 4.79 Å². The van der Waals surface area contributed by atoms with E-state index in [0.29, 0.717) is 23.3 Å². The van der Waals surface area contributed by atoms with Crippen LogP contribution in [0, 0.1) is 0 Å². The number of benzene rings is 3. The fraction of sp³-hybridized carbons (Fsp3) is 0.240. The number of anilines is 1. The Morgan fingerprint density at radius 2 is 1.81 bits per heavy atom. The molecule has 7 heteroatoms. The number of thioether (sulfide) groups is 1. The zero-order valence-electron chi connectivity index (χ0n) is 18.3. The SMILES string of the molecule is CC[C@H](C)c1ccccc1NC(=O)CSc1nnc(Cc2cccc3ccccc23)n1N. The monoisotopic (exact) mass is 445 g/mol. The summed E-state index contributed by atoms with van der Waals surface area (Å²) < 4.78 is 1.48. The van der Waals surface area contributed by atoms with Gasteiger partial charge in [0.15, 0.2) is 5.82 Å². The Morgan fingerprint density at radius 3 is 2.66 bits per heavy atom. The largest absolute Gasteiger partial charge is 0.336 e. The number of rotatable bonds is 8. The van der Waals surface area contributed by atoms with Gasteiger partial charge in [0.05, 0.1) is 5.75 Å². The summed E-state index contributed by atoms with van der Waals surface area (Å²) in [5.41, 5.74) is 3.14. The second kappa shape index (κ2) is 9.87. The van der Waals surface area contributed by atoms with Gasteiger partial charge in [-0.1, -0.05) is 86.3 Å². The molecule has 4 rings (SSSR count). The summed E-state index contributed by atoms with van der Waals surface area (Å²) >= 11 is 1.28. The third-order valence-corrected chi connectivity index (χ3v) is 6.62. The average Bonchev–Trinajstić information content (AvgIpc) is 3.17. The molecule has 6 nitrogen and oxygen atoms in total. The van der Waals surface area contributed by atoms with Crippen LogP contribution in [-0.4, -0.2) is 26.5 Å². The highest BCUT2D eigenvalue weighted by Crippen LogP contribution is 2.27. The normalized spacial score (nSPS) is 12.1. The predicted molar refractivity (Wildman–Crippen MR) is 131 cm³/mol. The van der Waals surface area contributed by atoms with Crippen molar-refractivity contribution in [3.8, 4) is 0 Å². The van der Waals surface area contributed by atoms with E-state index in [1.165, 1.54) is 27.2 Å². The number of nitrogens with zero attached hydrogens (tertiary/aromatic N) is 3. The minimum atomic E-state index is -0.0932. The van der Waals surface area contributed by atoms with Gasteiger partial charge in [-0.05, 0) is 40.3 Å². The van der Waals surface area contributed by atoms with Gasteiger partial charge in [0.1, 0.15) is 0 Å². The van der Waals surface area contributed by atoms with Crippen molar-refractivity contribution in [1.82, 2.24) is 14.9 Å². The molecule has 1 amide bonds. The number of nitrogens with two attached hydrogens (primary N) is 1. The van der Waals surface area contributed by atoms with Crippen LogP contribution < -0.4 is 11.2 Å². The lowest BCUT2D eigenvalue weighted by Gasteiger charge is -2.15. The zero-order chi connectivity index (χ0) is 22.5. The smallest absolute Gasteiger partial charge is 0.234 e. The molecule has 0 fully saturated rings. The number of carbonyl (C=O) groups is 1. The Hall–Kier alpha value is -3.32. The van der Waals surface area contributed by atoms with E-state index in [-0.39, 0.29) is 11.7 Å². The molecule has 0 unspecified atom stereocenters. The molecule has 3 aromatic carbocycles. The van der Waals surface area contributed by atoms with Gasteiger partial charge in [-0.15, -0.1) is 10.2 Å². The second-order valence-electron chi connectivity index (χ2n) is 7.82. The minimum absolute atomic E-state index is 0.0932. The summed E-state index contributed by atoms with van der Waals surface area (Å²) in [5.74, 6) is 7.40. The van der Waals surface area contributed by atoms with Crippen molar-refractivity contribution in [1.29, 1.82) is 0 Å². The molecule has 1 atom stereocenters. The first-order valence-electron chi connectivity index (χ1n) is 10.7. The van der Waals surface area contributed by atoms with Crippen LogP contribution in [0.5, 0.6) is 0 Å². The maximum Gasteiger partial charge on any atom is 0.234 e. The molecule has 0 saturated carbocycles. The fourth-order valence-electron chi connectivity index (χ4n) is 3.72. The van der Waals surface area contributed by atoms with Crippen LogP contribution in [0.15, 0.2) is 71.9 Å². The summed E-state index contributed by atoms with van der Waals surface area (Å²) in [6, 6.07) is 22.4. The number of hydrogen-bond acceptors (Lipinski definition) is 5. The van der Waals surface area contributed by atoms with E-state index in [2.05, 4.69) is 59.7 Å². The van der Waals surface area contributed by atoms with Gasteiger partial charge < -0.3 is 11.2 Å². The third-order valence-electron chi connectivity index (χ3n) is 5.67. The number of para-hydroxylation sites is 1. The number of hydrogen-bond donors (Lipinski definition) is 2. The van der Waals surface area contributed by atoms with Gasteiger partial charge in [-0.2, -0.15) is 0 Å². The highest BCUT2D eigenvalue weighted by Gasteiger charge is 2.15. The lowest BCUT2D eigenvalue weighted by molar-refractivity contribution is -0.113. The molecule has 0 saturated heterocycles. The molecular weight excluding hydrogens is 418 g/mol. The summed E-state index contributed by atoms with van der Waals surface area (Å²) in [4.78, 5) is 12.6. The first-order valence-corrected chi connectivity index (χ1v) is 11.7.